The molecule has 20 heavy (non-hydrogen) atoms. The van der Waals surface area contributed by atoms with Crippen LogP contribution in [0, 0.1) is 17.5 Å². The number of rotatable bonds is 3. The second kappa shape index (κ2) is 5.13. The van der Waals surface area contributed by atoms with Crippen molar-refractivity contribution in [1.29, 1.82) is 0 Å². The van der Waals surface area contributed by atoms with Gasteiger partial charge in [-0.2, -0.15) is 0 Å². The molecule has 1 aromatic heterocycles. The highest BCUT2D eigenvalue weighted by atomic mass is 32.1. The molecule has 0 atom stereocenters. The molecule has 2 nitrogen and oxygen atoms in total. The van der Waals surface area contributed by atoms with E-state index in [2.05, 4.69) is 10.3 Å². The number of benzene rings is 2. The Morgan fingerprint density at radius 3 is 2.50 bits per heavy atom. The molecule has 0 amide bonds. The van der Waals surface area contributed by atoms with Crippen molar-refractivity contribution in [2.24, 2.45) is 0 Å². The highest BCUT2D eigenvalue weighted by Gasteiger charge is 2.12. The Hall–Kier alpha value is -2.08. The van der Waals surface area contributed by atoms with Gasteiger partial charge in [-0.3, -0.25) is 0 Å². The van der Waals surface area contributed by atoms with Gasteiger partial charge in [0.25, 0.3) is 0 Å². The third-order valence-electron chi connectivity index (χ3n) is 2.78. The van der Waals surface area contributed by atoms with Crippen LogP contribution in [0.3, 0.4) is 0 Å². The van der Waals surface area contributed by atoms with Gasteiger partial charge in [-0.1, -0.05) is 0 Å². The van der Waals surface area contributed by atoms with E-state index in [-0.39, 0.29) is 11.3 Å². The molecular formula is C14H9F3N2S. The smallest absolute Gasteiger partial charge is 0.185 e. The number of nitrogens with one attached hydrogen (secondary N) is 1. The van der Waals surface area contributed by atoms with E-state index in [1.54, 1.807) is 12.1 Å². The Morgan fingerprint density at radius 1 is 1.00 bits per heavy atom. The second-order valence-corrected chi connectivity index (χ2v) is 5.29. The van der Waals surface area contributed by atoms with E-state index in [1.165, 1.54) is 29.5 Å². The molecule has 0 aliphatic carbocycles. The summed E-state index contributed by atoms with van der Waals surface area (Å²) < 4.78 is 40.0. The maximum atomic E-state index is 13.5. The number of fused-ring (bicyclic) bond motifs is 1. The number of thiazole rings is 1. The minimum absolute atomic E-state index is 0.0471. The Morgan fingerprint density at radius 2 is 1.75 bits per heavy atom. The van der Waals surface area contributed by atoms with Crippen molar-refractivity contribution in [3.05, 3.63) is 58.9 Å². The highest BCUT2D eigenvalue weighted by molar-refractivity contribution is 7.18. The summed E-state index contributed by atoms with van der Waals surface area (Å²) in [6, 6.07) is 8.48. The molecule has 0 radical (unpaired) electrons. The third-order valence-corrected chi connectivity index (χ3v) is 3.80. The summed E-state index contributed by atoms with van der Waals surface area (Å²) in [4.78, 5) is 4.07. The first-order valence-electron chi connectivity index (χ1n) is 5.86. The predicted octanol–water partition coefficient (Wildman–Crippen LogP) is 4.33. The lowest BCUT2D eigenvalue weighted by Gasteiger charge is -2.03. The highest BCUT2D eigenvalue weighted by Crippen LogP contribution is 2.26. The third kappa shape index (κ3) is 2.46. The summed E-state index contributed by atoms with van der Waals surface area (Å²) in [5, 5.41) is 3.68. The normalized spacial score (nSPS) is 10.9. The van der Waals surface area contributed by atoms with Crippen LogP contribution in [-0.4, -0.2) is 4.98 Å². The number of hydrogen-bond donors (Lipinski definition) is 1. The molecule has 1 heterocycles. The van der Waals surface area contributed by atoms with Gasteiger partial charge in [-0.15, -0.1) is 11.3 Å². The van der Waals surface area contributed by atoms with Crippen molar-refractivity contribution in [3.8, 4) is 0 Å². The number of aromatic nitrogens is 1. The van der Waals surface area contributed by atoms with Gasteiger partial charge in [-0.25, -0.2) is 18.2 Å². The van der Waals surface area contributed by atoms with E-state index in [9.17, 15) is 13.2 Å². The fourth-order valence-corrected chi connectivity index (χ4v) is 2.71. The molecule has 3 aromatic rings. The molecule has 0 saturated carbocycles. The molecule has 3 rings (SSSR count). The molecule has 102 valence electrons. The van der Waals surface area contributed by atoms with Crippen molar-refractivity contribution in [1.82, 2.24) is 4.98 Å². The Kier molecular flexibility index (Phi) is 3.31. The summed E-state index contributed by atoms with van der Waals surface area (Å²) in [5.74, 6) is -2.14. The topological polar surface area (TPSA) is 24.9 Å². The Bertz CT molecular complexity index is 753. The average molecular weight is 294 g/mol. The zero-order valence-corrected chi connectivity index (χ0v) is 11.0. The van der Waals surface area contributed by atoms with Crippen LogP contribution in [0.25, 0.3) is 10.2 Å². The summed E-state index contributed by atoms with van der Waals surface area (Å²) in [7, 11) is 0. The van der Waals surface area contributed by atoms with Crippen molar-refractivity contribution in [2.45, 2.75) is 6.54 Å². The lowest BCUT2D eigenvalue weighted by Crippen LogP contribution is -1.98. The molecule has 2 aromatic carbocycles. The van der Waals surface area contributed by atoms with E-state index < -0.39 is 11.6 Å². The maximum Gasteiger partial charge on any atom is 0.185 e. The van der Waals surface area contributed by atoms with Crippen LogP contribution >= 0.6 is 11.3 Å². The molecule has 0 spiro atoms. The zero-order chi connectivity index (χ0) is 14.1. The molecule has 6 heteroatoms. The van der Waals surface area contributed by atoms with Crippen LogP contribution in [0.5, 0.6) is 0 Å². The first-order valence-corrected chi connectivity index (χ1v) is 6.68. The van der Waals surface area contributed by atoms with Gasteiger partial charge in [0.15, 0.2) is 11.6 Å². The van der Waals surface area contributed by atoms with Gasteiger partial charge < -0.3 is 5.32 Å². The SMILES string of the molecule is Fc1ccc(NCc2nc3c(F)c(F)ccc3s2)cc1. The van der Waals surface area contributed by atoms with Crippen LogP contribution in [0.15, 0.2) is 36.4 Å². The van der Waals surface area contributed by atoms with Crippen LogP contribution in [0.4, 0.5) is 18.9 Å². The minimum atomic E-state index is -0.924. The van der Waals surface area contributed by atoms with Crippen LogP contribution in [0.1, 0.15) is 5.01 Å². The zero-order valence-electron chi connectivity index (χ0n) is 10.2. The van der Waals surface area contributed by atoms with E-state index in [1.807, 2.05) is 0 Å². The van der Waals surface area contributed by atoms with Gasteiger partial charge in [0.05, 0.1) is 11.2 Å². The minimum Gasteiger partial charge on any atom is -0.379 e. The van der Waals surface area contributed by atoms with E-state index in [0.717, 1.165) is 11.8 Å². The molecular weight excluding hydrogens is 285 g/mol. The number of hydrogen-bond acceptors (Lipinski definition) is 3. The fourth-order valence-electron chi connectivity index (χ4n) is 1.80. The Balaban J connectivity index is 1.81. The van der Waals surface area contributed by atoms with Gasteiger partial charge >= 0.3 is 0 Å². The second-order valence-electron chi connectivity index (χ2n) is 4.18. The van der Waals surface area contributed by atoms with Gasteiger partial charge in [-0.05, 0) is 36.4 Å². The van der Waals surface area contributed by atoms with Crippen molar-refractivity contribution >= 4 is 27.2 Å². The van der Waals surface area contributed by atoms with Crippen molar-refractivity contribution < 1.29 is 13.2 Å². The molecule has 0 aliphatic rings. The standard InChI is InChI=1S/C14H9F3N2S/c15-8-1-3-9(4-2-8)18-7-12-19-14-11(20-12)6-5-10(16)13(14)17/h1-6,18H,7H2. The number of nitrogens with zero attached hydrogens (tertiary/aromatic N) is 1. The molecule has 0 bridgehead atoms. The molecule has 0 fully saturated rings. The summed E-state index contributed by atoms with van der Waals surface area (Å²) >= 11 is 1.29. The summed E-state index contributed by atoms with van der Waals surface area (Å²) in [5.41, 5.74) is 0.781. The summed E-state index contributed by atoms with van der Waals surface area (Å²) in [6.07, 6.45) is 0. The fraction of sp³-hybridized carbons (Fsp3) is 0.0714. The van der Waals surface area contributed by atoms with Crippen LogP contribution in [0.2, 0.25) is 0 Å². The van der Waals surface area contributed by atoms with Gasteiger partial charge in [0.1, 0.15) is 16.3 Å². The first-order chi connectivity index (χ1) is 9.63. The van der Waals surface area contributed by atoms with Crippen LogP contribution in [-0.2, 0) is 6.54 Å². The number of halogens is 3. The molecule has 0 aliphatic heterocycles. The Labute approximate surface area is 116 Å². The average Bonchev–Trinajstić information content (AvgIpc) is 2.86. The van der Waals surface area contributed by atoms with Gasteiger partial charge in [0.2, 0.25) is 0 Å². The van der Waals surface area contributed by atoms with E-state index >= 15 is 0 Å². The van der Waals surface area contributed by atoms with E-state index in [0.29, 0.717) is 16.3 Å². The predicted molar refractivity (Wildman–Crippen MR) is 73.3 cm³/mol. The number of anilines is 1. The molecule has 0 saturated heterocycles. The van der Waals surface area contributed by atoms with Crippen LogP contribution < -0.4 is 5.32 Å². The molecule has 0 unspecified atom stereocenters. The maximum absolute atomic E-state index is 13.5. The lowest BCUT2D eigenvalue weighted by atomic mass is 10.3. The van der Waals surface area contributed by atoms with E-state index in [4.69, 9.17) is 0 Å². The van der Waals surface area contributed by atoms with Gasteiger partial charge in [0, 0.05) is 5.69 Å². The monoisotopic (exact) mass is 294 g/mol. The molecule has 1 N–H and O–H groups in total. The van der Waals surface area contributed by atoms with Crippen molar-refractivity contribution in [3.63, 3.8) is 0 Å². The lowest BCUT2D eigenvalue weighted by molar-refractivity contribution is 0.515. The first kappa shape index (κ1) is 12.9. The summed E-state index contributed by atoms with van der Waals surface area (Å²) in [6.45, 7) is 0.367. The quantitative estimate of drug-likeness (QED) is 0.778. The van der Waals surface area contributed by atoms with Crippen molar-refractivity contribution in [2.75, 3.05) is 5.32 Å². The largest absolute Gasteiger partial charge is 0.379 e.